The van der Waals surface area contributed by atoms with E-state index in [1.165, 1.54) is 128 Å². The molecule has 442 valence electrons. The molecule has 0 saturated heterocycles. The van der Waals surface area contributed by atoms with E-state index in [1.807, 2.05) is 21.1 Å². The highest BCUT2D eigenvalue weighted by atomic mass is 16.7. The molecule has 0 heterocycles. The van der Waals surface area contributed by atoms with Crippen LogP contribution in [0.5, 0.6) is 0 Å². The van der Waals surface area contributed by atoms with Crippen molar-refractivity contribution in [3.05, 3.63) is 97.2 Å². The van der Waals surface area contributed by atoms with Gasteiger partial charge in [-0.05, 0) is 96.3 Å². The molecule has 0 spiro atoms. The largest absolute Gasteiger partial charge is 0.545 e. The van der Waals surface area contributed by atoms with Crippen molar-refractivity contribution in [2.45, 2.75) is 270 Å². The lowest BCUT2D eigenvalue weighted by Crippen LogP contribution is -2.44. The summed E-state index contributed by atoms with van der Waals surface area (Å²) in [5.74, 6) is -2.29. The second kappa shape index (κ2) is 58.4. The zero-order valence-corrected chi connectivity index (χ0v) is 50.3. The van der Waals surface area contributed by atoms with E-state index < -0.39 is 24.3 Å². The molecule has 0 N–H and O–H groups in total. The third-order valence-electron chi connectivity index (χ3n) is 13.3. The number of esters is 2. The fourth-order valence-corrected chi connectivity index (χ4v) is 8.51. The van der Waals surface area contributed by atoms with Crippen LogP contribution in [0.25, 0.3) is 0 Å². The van der Waals surface area contributed by atoms with Crippen molar-refractivity contribution in [2.75, 3.05) is 47.5 Å². The number of ether oxygens (including phenoxy) is 4. The Kier molecular flexibility index (Phi) is 55.5. The Balaban J connectivity index is 4.22. The Bertz CT molecular complexity index is 1580. The van der Waals surface area contributed by atoms with Gasteiger partial charge in [-0.2, -0.15) is 0 Å². The van der Waals surface area contributed by atoms with Gasteiger partial charge >= 0.3 is 11.9 Å². The fraction of sp³-hybridized carbons (Fsp3) is 0.721. The van der Waals surface area contributed by atoms with E-state index in [0.29, 0.717) is 17.4 Å². The average Bonchev–Trinajstić information content (AvgIpc) is 3.40. The molecule has 0 aliphatic heterocycles. The molecular weight excluding hydrogens is 959 g/mol. The van der Waals surface area contributed by atoms with Crippen LogP contribution in [0.15, 0.2) is 97.2 Å². The Labute approximate surface area is 473 Å². The van der Waals surface area contributed by atoms with Crippen LogP contribution in [-0.4, -0.2) is 82.3 Å². The van der Waals surface area contributed by atoms with Gasteiger partial charge in [0.25, 0.3) is 0 Å². The van der Waals surface area contributed by atoms with E-state index >= 15 is 0 Å². The molecule has 2 atom stereocenters. The predicted octanol–water partition coefficient (Wildman–Crippen LogP) is 17.6. The van der Waals surface area contributed by atoms with E-state index in [0.717, 1.165) is 96.3 Å². The van der Waals surface area contributed by atoms with Gasteiger partial charge in [0, 0.05) is 12.8 Å². The second-order valence-corrected chi connectivity index (χ2v) is 22.0. The fourth-order valence-electron chi connectivity index (χ4n) is 8.51. The van der Waals surface area contributed by atoms with Crippen LogP contribution in [-0.2, 0) is 33.3 Å². The highest BCUT2D eigenvalue weighted by Gasteiger charge is 2.22. The van der Waals surface area contributed by atoms with Gasteiger partial charge in [-0.3, -0.25) is 9.59 Å². The number of quaternary nitrogens is 1. The molecule has 0 aliphatic carbocycles. The van der Waals surface area contributed by atoms with Crippen molar-refractivity contribution in [2.24, 2.45) is 0 Å². The SMILES string of the molecule is CC/C=C\C/C=C\C/C=C\C/C=C\C/C=C\CCCCCCCCCCCCCCCC(=O)OC(COC(=O)CCCCCCCCCC/C=C\C/C=C\C/C=C\CCCCCCC)COC(OCC[N+](C)(C)C)C(=O)[O-]. The summed E-state index contributed by atoms with van der Waals surface area (Å²) >= 11 is 0. The molecule has 0 bridgehead atoms. The van der Waals surface area contributed by atoms with Crippen LogP contribution in [0, 0.1) is 0 Å². The van der Waals surface area contributed by atoms with Crippen LogP contribution in [0.3, 0.4) is 0 Å². The molecule has 0 aromatic heterocycles. The number of carboxylic acid groups (broad SMARTS) is 1. The molecule has 0 aliphatic rings. The number of hydrogen-bond acceptors (Lipinski definition) is 8. The Morgan fingerprint density at radius 2 is 0.740 bits per heavy atom. The van der Waals surface area contributed by atoms with Crippen molar-refractivity contribution in [1.82, 2.24) is 0 Å². The van der Waals surface area contributed by atoms with Crippen LogP contribution >= 0.6 is 0 Å². The third kappa shape index (κ3) is 59.7. The summed E-state index contributed by atoms with van der Waals surface area (Å²) in [5, 5.41) is 11.8. The molecule has 9 heteroatoms. The first-order valence-corrected chi connectivity index (χ1v) is 31.4. The molecule has 0 radical (unpaired) electrons. The lowest BCUT2D eigenvalue weighted by molar-refractivity contribution is -0.870. The van der Waals surface area contributed by atoms with Gasteiger partial charge in [-0.15, -0.1) is 0 Å². The molecule has 0 aromatic rings. The number of nitrogens with zero attached hydrogens (tertiary/aromatic N) is 1. The molecule has 77 heavy (non-hydrogen) atoms. The first-order chi connectivity index (χ1) is 37.6. The number of hydrogen-bond donors (Lipinski definition) is 0. The number of carboxylic acids is 1. The number of carbonyl (C=O) groups excluding carboxylic acids is 3. The predicted molar refractivity (Wildman–Crippen MR) is 324 cm³/mol. The lowest BCUT2D eigenvalue weighted by Gasteiger charge is -2.26. The molecule has 2 unspecified atom stereocenters. The number of carbonyl (C=O) groups is 3. The number of likely N-dealkylation sites (N-methyl/N-ethyl adjacent to an activating group) is 1. The minimum absolute atomic E-state index is 0.142. The summed E-state index contributed by atoms with van der Waals surface area (Å²) in [6.45, 7) is 4.62. The Morgan fingerprint density at radius 1 is 0.403 bits per heavy atom. The van der Waals surface area contributed by atoms with E-state index in [1.54, 1.807) is 0 Å². The highest BCUT2D eigenvalue weighted by molar-refractivity contribution is 5.70. The van der Waals surface area contributed by atoms with E-state index in [9.17, 15) is 19.5 Å². The van der Waals surface area contributed by atoms with Gasteiger partial charge in [0.1, 0.15) is 13.2 Å². The van der Waals surface area contributed by atoms with E-state index in [2.05, 4.69) is 111 Å². The molecule has 0 aromatic carbocycles. The zero-order chi connectivity index (χ0) is 56.2. The summed E-state index contributed by atoms with van der Waals surface area (Å²) in [6, 6.07) is 0. The number of aliphatic carboxylic acids is 1. The number of unbranched alkanes of at least 4 members (excludes halogenated alkanes) is 26. The topological polar surface area (TPSA) is 111 Å². The molecule has 0 fully saturated rings. The quantitative estimate of drug-likeness (QED) is 0.0195. The summed E-state index contributed by atoms with van der Waals surface area (Å²) in [7, 11) is 5.92. The Hall–Kier alpha value is -3.79. The number of rotatable bonds is 57. The van der Waals surface area contributed by atoms with Crippen molar-refractivity contribution < 1.29 is 42.9 Å². The smallest absolute Gasteiger partial charge is 0.306 e. The van der Waals surface area contributed by atoms with Crippen LogP contribution < -0.4 is 5.11 Å². The van der Waals surface area contributed by atoms with Gasteiger partial charge in [-0.1, -0.05) is 246 Å². The summed E-state index contributed by atoms with van der Waals surface area (Å²) in [4.78, 5) is 37.4. The maximum absolute atomic E-state index is 12.9. The number of allylic oxidation sites excluding steroid dienone is 16. The molecule has 0 amide bonds. The van der Waals surface area contributed by atoms with Crippen molar-refractivity contribution in [3.8, 4) is 0 Å². The monoisotopic (exact) mass is 1080 g/mol. The lowest BCUT2D eigenvalue weighted by atomic mass is 10.0. The van der Waals surface area contributed by atoms with Crippen molar-refractivity contribution >= 4 is 17.9 Å². The van der Waals surface area contributed by atoms with Crippen molar-refractivity contribution in [3.63, 3.8) is 0 Å². The van der Waals surface area contributed by atoms with Crippen LogP contribution in [0.1, 0.15) is 258 Å². The van der Waals surface area contributed by atoms with Gasteiger partial charge in [0.05, 0.1) is 40.3 Å². The van der Waals surface area contributed by atoms with Crippen molar-refractivity contribution in [1.29, 1.82) is 0 Å². The van der Waals surface area contributed by atoms with Crippen LogP contribution in [0.4, 0.5) is 0 Å². The van der Waals surface area contributed by atoms with Gasteiger partial charge in [-0.25, -0.2) is 0 Å². The van der Waals surface area contributed by atoms with Gasteiger partial charge in [0.15, 0.2) is 12.4 Å². The third-order valence-corrected chi connectivity index (χ3v) is 13.3. The summed E-state index contributed by atoms with van der Waals surface area (Å²) in [6.07, 6.45) is 76.0. The zero-order valence-electron chi connectivity index (χ0n) is 50.3. The first-order valence-electron chi connectivity index (χ1n) is 31.4. The Morgan fingerprint density at radius 3 is 1.10 bits per heavy atom. The summed E-state index contributed by atoms with van der Waals surface area (Å²) in [5.41, 5.74) is 0. The minimum Gasteiger partial charge on any atom is -0.545 e. The maximum atomic E-state index is 12.9. The normalized spacial score (nSPS) is 13.4. The highest BCUT2D eigenvalue weighted by Crippen LogP contribution is 2.16. The maximum Gasteiger partial charge on any atom is 0.306 e. The molecule has 0 saturated carbocycles. The van der Waals surface area contributed by atoms with Crippen LogP contribution in [0.2, 0.25) is 0 Å². The minimum atomic E-state index is -1.63. The molecular formula is C68H117NO8. The summed E-state index contributed by atoms with van der Waals surface area (Å²) < 4.78 is 22.7. The van der Waals surface area contributed by atoms with Gasteiger partial charge in [0.2, 0.25) is 0 Å². The second-order valence-electron chi connectivity index (χ2n) is 22.0. The van der Waals surface area contributed by atoms with E-state index in [4.69, 9.17) is 18.9 Å². The first kappa shape index (κ1) is 73.2. The van der Waals surface area contributed by atoms with Gasteiger partial charge < -0.3 is 33.3 Å². The van der Waals surface area contributed by atoms with E-state index in [-0.39, 0.29) is 38.6 Å². The average molecular weight is 1080 g/mol. The molecule has 9 nitrogen and oxygen atoms in total. The molecule has 0 rings (SSSR count). The standard InChI is InChI=1S/C68H117NO8/c1-6-8-10-12-14-16-18-20-22-24-26-28-30-31-32-33-34-35-37-39-41-43-45-47-49-51-53-55-57-59-66(71)77-64(63-76-68(67(72)73)74-61-60-69(3,4)5)62-75-65(70)58-56-54-52-50-48-46-44-42-40-38-36-29-27-25-23-21-19-17-15-13-11-9-7-2/h8,10,14,16,19-22,25-28,31-32,36,38,64,68H,6-7,9,11-13,15,17-18,23-24,29-30,33-35,37,39-63H2,1-5H3/b10-8-,16-14-,21-19-,22-20-,27-25-,28-26-,32-31-,38-36-.